The van der Waals surface area contributed by atoms with Gasteiger partial charge in [-0.15, -0.1) is 0 Å². The SMILES string of the molecule is CC(CCNc1cncc(C(=O)O)n1)c1ccccc1. The molecule has 1 aromatic carbocycles. The fourth-order valence-electron chi connectivity index (χ4n) is 1.92. The first-order valence-corrected chi connectivity index (χ1v) is 6.51. The molecule has 0 amide bonds. The van der Waals surface area contributed by atoms with Gasteiger partial charge in [-0.05, 0) is 17.9 Å². The summed E-state index contributed by atoms with van der Waals surface area (Å²) in [6, 6.07) is 10.3. The minimum absolute atomic E-state index is 0.0499. The van der Waals surface area contributed by atoms with Crippen LogP contribution in [0.4, 0.5) is 5.82 Å². The van der Waals surface area contributed by atoms with E-state index in [1.165, 1.54) is 18.0 Å². The Hall–Kier alpha value is -2.43. The Morgan fingerprint density at radius 2 is 2.05 bits per heavy atom. The zero-order valence-electron chi connectivity index (χ0n) is 11.3. The van der Waals surface area contributed by atoms with Crippen molar-refractivity contribution in [2.24, 2.45) is 0 Å². The number of carboxylic acid groups (broad SMARTS) is 1. The van der Waals surface area contributed by atoms with Crippen LogP contribution in [0.15, 0.2) is 42.7 Å². The van der Waals surface area contributed by atoms with Crippen LogP contribution >= 0.6 is 0 Å². The second-order valence-corrected chi connectivity index (χ2v) is 4.62. The molecule has 2 rings (SSSR count). The fraction of sp³-hybridized carbons (Fsp3) is 0.267. The van der Waals surface area contributed by atoms with Gasteiger partial charge < -0.3 is 10.4 Å². The largest absolute Gasteiger partial charge is 0.476 e. The first kappa shape index (κ1) is 14.0. The van der Waals surface area contributed by atoms with Gasteiger partial charge in [-0.2, -0.15) is 0 Å². The molecular formula is C15H17N3O2. The smallest absolute Gasteiger partial charge is 0.356 e. The average Bonchev–Trinajstić information content (AvgIpc) is 2.48. The zero-order valence-corrected chi connectivity index (χ0v) is 11.3. The molecule has 20 heavy (non-hydrogen) atoms. The van der Waals surface area contributed by atoms with Crippen LogP contribution in [-0.4, -0.2) is 27.6 Å². The van der Waals surface area contributed by atoms with Crippen molar-refractivity contribution in [1.29, 1.82) is 0 Å². The molecule has 0 saturated heterocycles. The summed E-state index contributed by atoms with van der Waals surface area (Å²) in [5.74, 6) is -0.150. The van der Waals surface area contributed by atoms with Gasteiger partial charge in [0.05, 0.1) is 12.4 Å². The lowest BCUT2D eigenvalue weighted by Gasteiger charge is -2.12. The van der Waals surface area contributed by atoms with E-state index in [0.29, 0.717) is 18.3 Å². The van der Waals surface area contributed by atoms with Gasteiger partial charge in [0.1, 0.15) is 5.82 Å². The molecule has 1 unspecified atom stereocenters. The monoisotopic (exact) mass is 271 g/mol. The zero-order chi connectivity index (χ0) is 14.4. The number of anilines is 1. The molecule has 104 valence electrons. The van der Waals surface area contributed by atoms with Crippen LogP contribution in [0, 0.1) is 0 Å². The Kier molecular flexibility index (Phi) is 4.65. The molecular weight excluding hydrogens is 254 g/mol. The molecule has 1 heterocycles. The van der Waals surface area contributed by atoms with E-state index in [0.717, 1.165) is 6.42 Å². The molecule has 2 aromatic rings. The highest BCUT2D eigenvalue weighted by Gasteiger charge is 2.07. The first-order chi connectivity index (χ1) is 9.66. The summed E-state index contributed by atoms with van der Waals surface area (Å²) in [5.41, 5.74) is 1.24. The van der Waals surface area contributed by atoms with Crippen molar-refractivity contribution >= 4 is 11.8 Å². The third-order valence-electron chi connectivity index (χ3n) is 3.11. The summed E-state index contributed by atoms with van der Waals surface area (Å²) in [7, 11) is 0. The third-order valence-corrected chi connectivity index (χ3v) is 3.11. The molecule has 0 aliphatic heterocycles. The molecule has 0 aliphatic carbocycles. The number of hydrogen-bond acceptors (Lipinski definition) is 4. The number of aromatic carboxylic acids is 1. The number of nitrogens with one attached hydrogen (secondary N) is 1. The van der Waals surface area contributed by atoms with Gasteiger partial charge >= 0.3 is 5.97 Å². The molecule has 0 saturated carbocycles. The first-order valence-electron chi connectivity index (χ1n) is 6.51. The minimum atomic E-state index is -1.07. The second-order valence-electron chi connectivity index (χ2n) is 4.62. The summed E-state index contributed by atoms with van der Waals surface area (Å²) in [4.78, 5) is 18.6. The predicted molar refractivity (Wildman–Crippen MR) is 77.0 cm³/mol. The van der Waals surface area contributed by atoms with E-state index >= 15 is 0 Å². The number of carbonyl (C=O) groups is 1. The van der Waals surface area contributed by atoms with E-state index in [9.17, 15) is 4.79 Å². The van der Waals surface area contributed by atoms with Gasteiger partial charge in [0.15, 0.2) is 5.69 Å². The molecule has 0 fully saturated rings. The van der Waals surface area contributed by atoms with E-state index in [1.807, 2.05) is 18.2 Å². The fourth-order valence-corrected chi connectivity index (χ4v) is 1.92. The standard InChI is InChI=1S/C15H17N3O2/c1-11(12-5-3-2-4-6-12)7-8-17-14-10-16-9-13(18-14)15(19)20/h2-6,9-11H,7-8H2,1H3,(H,17,18)(H,19,20). The average molecular weight is 271 g/mol. The van der Waals surface area contributed by atoms with E-state index in [1.54, 1.807) is 0 Å². The predicted octanol–water partition coefficient (Wildman–Crippen LogP) is 2.78. The van der Waals surface area contributed by atoms with Crippen molar-refractivity contribution in [1.82, 2.24) is 9.97 Å². The van der Waals surface area contributed by atoms with Crippen LogP contribution in [0.1, 0.15) is 35.3 Å². The summed E-state index contributed by atoms with van der Waals surface area (Å²) in [5, 5.41) is 11.9. The quantitative estimate of drug-likeness (QED) is 0.845. The number of nitrogens with zero attached hydrogens (tertiary/aromatic N) is 2. The number of carboxylic acids is 1. The second kappa shape index (κ2) is 6.65. The highest BCUT2D eigenvalue weighted by molar-refractivity contribution is 5.85. The normalized spacial score (nSPS) is 11.8. The molecule has 5 heteroatoms. The van der Waals surface area contributed by atoms with E-state index < -0.39 is 5.97 Å². The number of rotatable bonds is 6. The van der Waals surface area contributed by atoms with Gasteiger partial charge in [0.25, 0.3) is 0 Å². The number of hydrogen-bond donors (Lipinski definition) is 2. The van der Waals surface area contributed by atoms with Crippen LogP contribution in [0.3, 0.4) is 0 Å². The topological polar surface area (TPSA) is 75.1 Å². The maximum atomic E-state index is 10.8. The van der Waals surface area contributed by atoms with Crippen molar-refractivity contribution in [2.75, 3.05) is 11.9 Å². The molecule has 0 aliphatic rings. The van der Waals surface area contributed by atoms with Crippen LogP contribution < -0.4 is 5.32 Å². The third kappa shape index (κ3) is 3.78. The number of benzene rings is 1. The van der Waals surface area contributed by atoms with Crippen LogP contribution in [0.5, 0.6) is 0 Å². The maximum Gasteiger partial charge on any atom is 0.356 e. The molecule has 0 spiro atoms. The lowest BCUT2D eigenvalue weighted by atomic mass is 9.98. The highest BCUT2D eigenvalue weighted by Crippen LogP contribution is 2.18. The van der Waals surface area contributed by atoms with Crippen molar-refractivity contribution in [2.45, 2.75) is 19.3 Å². The Morgan fingerprint density at radius 1 is 1.30 bits per heavy atom. The number of aromatic nitrogens is 2. The van der Waals surface area contributed by atoms with Crippen molar-refractivity contribution in [3.63, 3.8) is 0 Å². The van der Waals surface area contributed by atoms with Crippen molar-refractivity contribution in [3.05, 3.63) is 54.0 Å². The van der Waals surface area contributed by atoms with Gasteiger partial charge in [-0.25, -0.2) is 9.78 Å². The Morgan fingerprint density at radius 3 is 2.75 bits per heavy atom. The van der Waals surface area contributed by atoms with Crippen LogP contribution in [-0.2, 0) is 0 Å². The van der Waals surface area contributed by atoms with Gasteiger partial charge in [0.2, 0.25) is 0 Å². The lowest BCUT2D eigenvalue weighted by Crippen LogP contribution is -2.09. The van der Waals surface area contributed by atoms with E-state index in [4.69, 9.17) is 5.11 Å². The summed E-state index contributed by atoms with van der Waals surface area (Å²) in [6.07, 6.45) is 3.70. The molecule has 1 aromatic heterocycles. The van der Waals surface area contributed by atoms with Gasteiger partial charge in [-0.1, -0.05) is 37.3 Å². The van der Waals surface area contributed by atoms with Gasteiger partial charge in [0, 0.05) is 6.54 Å². The molecule has 0 radical (unpaired) electrons. The van der Waals surface area contributed by atoms with E-state index in [-0.39, 0.29) is 5.69 Å². The summed E-state index contributed by atoms with van der Waals surface area (Å²) < 4.78 is 0. The van der Waals surface area contributed by atoms with Gasteiger partial charge in [-0.3, -0.25) is 4.98 Å². The molecule has 0 bridgehead atoms. The summed E-state index contributed by atoms with van der Waals surface area (Å²) in [6.45, 7) is 2.88. The van der Waals surface area contributed by atoms with Crippen LogP contribution in [0.2, 0.25) is 0 Å². The lowest BCUT2D eigenvalue weighted by molar-refractivity contribution is 0.0690. The minimum Gasteiger partial charge on any atom is -0.476 e. The molecule has 5 nitrogen and oxygen atoms in total. The molecule has 2 N–H and O–H groups in total. The highest BCUT2D eigenvalue weighted by atomic mass is 16.4. The summed E-state index contributed by atoms with van der Waals surface area (Å²) >= 11 is 0. The Balaban J connectivity index is 1.87. The van der Waals surface area contributed by atoms with Crippen molar-refractivity contribution in [3.8, 4) is 0 Å². The Labute approximate surface area is 117 Å². The van der Waals surface area contributed by atoms with E-state index in [2.05, 4.69) is 34.3 Å². The maximum absolute atomic E-state index is 10.8. The Bertz CT molecular complexity index is 572. The van der Waals surface area contributed by atoms with Crippen molar-refractivity contribution < 1.29 is 9.90 Å². The van der Waals surface area contributed by atoms with Crippen LogP contribution in [0.25, 0.3) is 0 Å². The molecule has 1 atom stereocenters.